The first kappa shape index (κ1) is 16.5. The van der Waals surface area contributed by atoms with E-state index in [0.29, 0.717) is 12.3 Å². The molecule has 3 aromatic rings. The van der Waals surface area contributed by atoms with Crippen LogP contribution in [0.1, 0.15) is 28.6 Å². The maximum Gasteiger partial charge on any atom is 0.307 e. The lowest BCUT2D eigenvalue weighted by Gasteiger charge is -2.07. The van der Waals surface area contributed by atoms with Crippen molar-refractivity contribution in [3.8, 4) is 5.75 Å². The highest BCUT2D eigenvalue weighted by Gasteiger charge is 2.07. The quantitative estimate of drug-likeness (QED) is 0.547. The van der Waals surface area contributed by atoms with E-state index in [0.717, 1.165) is 16.9 Å². The van der Waals surface area contributed by atoms with Gasteiger partial charge in [-0.2, -0.15) is 5.10 Å². The van der Waals surface area contributed by atoms with E-state index in [2.05, 4.69) is 10.5 Å². The molecule has 0 bridgehead atoms. The summed E-state index contributed by atoms with van der Waals surface area (Å²) >= 11 is 0. The summed E-state index contributed by atoms with van der Waals surface area (Å²) in [5, 5.41) is 4.09. The molecular weight excluding hydrogens is 316 g/mol. The molecule has 25 heavy (non-hydrogen) atoms. The molecule has 0 unspecified atom stereocenters. The fourth-order valence-electron chi connectivity index (χ4n) is 2.20. The summed E-state index contributed by atoms with van der Waals surface area (Å²) in [5.41, 5.74) is 5.17. The molecular formula is C20H18N2O3. The fourth-order valence-corrected chi connectivity index (χ4v) is 2.20. The Morgan fingerprint density at radius 3 is 2.48 bits per heavy atom. The van der Waals surface area contributed by atoms with E-state index in [9.17, 15) is 4.79 Å². The predicted molar refractivity (Wildman–Crippen MR) is 95.6 cm³/mol. The zero-order valence-electron chi connectivity index (χ0n) is 13.8. The van der Waals surface area contributed by atoms with Gasteiger partial charge in [0.2, 0.25) is 0 Å². The van der Waals surface area contributed by atoms with E-state index in [4.69, 9.17) is 9.15 Å². The number of rotatable bonds is 6. The van der Waals surface area contributed by atoms with Gasteiger partial charge in [-0.25, -0.2) is 5.43 Å². The Labute approximate surface area is 145 Å². The predicted octanol–water partition coefficient (Wildman–Crippen LogP) is 4.01. The minimum absolute atomic E-state index is 0.223. The summed E-state index contributed by atoms with van der Waals surface area (Å²) in [5.74, 6) is 0.619. The third-order valence-electron chi connectivity index (χ3n) is 3.59. The maximum absolute atomic E-state index is 11.8. The molecule has 126 valence electrons. The van der Waals surface area contributed by atoms with Crippen LogP contribution in [0.5, 0.6) is 5.75 Å². The summed E-state index contributed by atoms with van der Waals surface area (Å²) in [7, 11) is 0. The third kappa shape index (κ3) is 4.57. The van der Waals surface area contributed by atoms with Crippen LogP contribution in [0.15, 0.2) is 82.5 Å². The molecule has 1 amide bonds. The minimum atomic E-state index is -0.382. The summed E-state index contributed by atoms with van der Waals surface area (Å²) < 4.78 is 10.8. The van der Waals surface area contributed by atoms with Gasteiger partial charge < -0.3 is 9.15 Å². The second-order valence-electron chi connectivity index (χ2n) is 5.41. The number of nitrogens with one attached hydrogen (secondary N) is 1. The van der Waals surface area contributed by atoms with Crippen molar-refractivity contribution in [2.45, 2.75) is 13.5 Å². The molecule has 5 heteroatoms. The lowest BCUT2D eigenvalue weighted by molar-refractivity contribution is 0.0927. The van der Waals surface area contributed by atoms with E-state index in [1.54, 1.807) is 12.1 Å². The number of hydrazone groups is 1. The average Bonchev–Trinajstić information content (AvgIpc) is 3.20. The van der Waals surface area contributed by atoms with Crippen LogP contribution in [-0.2, 0) is 6.61 Å². The summed E-state index contributed by atoms with van der Waals surface area (Å²) in [6.07, 6.45) is 1.44. The number of furan rings is 1. The molecule has 1 heterocycles. The van der Waals surface area contributed by atoms with Gasteiger partial charge >= 0.3 is 5.91 Å². The highest BCUT2D eigenvalue weighted by molar-refractivity contribution is 6.00. The molecule has 0 aliphatic heterocycles. The van der Waals surface area contributed by atoms with Crippen molar-refractivity contribution in [1.29, 1.82) is 0 Å². The van der Waals surface area contributed by atoms with Gasteiger partial charge in [-0.05, 0) is 54.4 Å². The number of carbonyl (C=O) groups excluding carboxylic acids is 1. The first-order chi connectivity index (χ1) is 12.2. The normalized spacial score (nSPS) is 11.2. The molecule has 0 spiro atoms. The van der Waals surface area contributed by atoms with E-state index < -0.39 is 0 Å². The lowest BCUT2D eigenvalue weighted by Crippen LogP contribution is -2.18. The van der Waals surface area contributed by atoms with Crippen LogP contribution in [0, 0.1) is 0 Å². The van der Waals surface area contributed by atoms with Gasteiger partial charge in [-0.3, -0.25) is 4.79 Å². The Morgan fingerprint density at radius 1 is 1.04 bits per heavy atom. The second-order valence-corrected chi connectivity index (χ2v) is 5.41. The highest BCUT2D eigenvalue weighted by atomic mass is 16.5. The first-order valence-corrected chi connectivity index (χ1v) is 7.87. The molecule has 2 aromatic carbocycles. The summed E-state index contributed by atoms with van der Waals surface area (Å²) in [6, 6.07) is 20.8. The Morgan fingerprint density at radius 2 is 1.80 bits per heavy atom. The van der Waals surface area contributed by atoms with E-state index in [-0.39, 0.29) is 11.7 Å². The van der Waals surface area contributed by atoms with Crippen molar-refractivity contribution in [1.82, 2.24) is 5.43 Å². The number of carbonyl (C=O) groups is 1. The van der Waals surface area contributed by atoms with Crippen molar-refractivity contribution in [2.75, 3.05) is 0 Å². The fraction of sp³-hybridized carbons (Fsp3) is 0.100. The molecule has 0 radical (unpaired) electrons. The number of nitrogens with zero attached hydrogens (tertiary/aromatic N) is 1. The Balaban J connectivity index is 1.57. The lowest BCUT2D eigenvalue weighted by atomic mass is 10.1. The van der Waals surface area contributed by atoms with Gasteiger partial charge in [0, 0.05) is 0 Å². The van der Waals surface area contributed by atoms with Crippen molar-refractivity contribution >= 4 is 11.6 Å². The molecule has 0 aliphatic carbocycles. The van der Waals surface area contributed by atoms with Gasteiger partial charge in [0.15, 0.2) is 5.76 Å². The van der Waals surface area contributed by atoms with Crippen molar-refractivity contribution in [3.63, 3.8) is 0 Å². The molecule has 0 saturated carbocycles. The molecule has 3 rings (SSSR count). The van der Waals surface area contributed by atoms with Gasteiger partial charge in [0.25, 0.3) is 0 Å². The van der Waals surface area contributed by atoms with Crippen LogP contribution >= 0.6 is 0 Å². The zero-order valence-corrected chi connectivity index (χ0v) is 13.8. The van der Waals surface area contributed by atoms with Gasteiger partial charge in [-0.1, -0.05) is 30.3 Å². The highest BCUT2D eigenvalue weighted by Crippen LogP contribution is 2.15. The van der Waals surface area contributed by atoms with Crippen LogP contribution in [0.25, 0.3) is 0 Å². The van der Waals surface area contributed by atoms with Gasteiger partial charge in [-0.15, -0.1) is 0 Å². The second kappa shape index (κ2) is 7.97. The van der Waals surface area contributed by atoms with Crippen LogP contribution in [0.3, 0.4) is 0 Å². The molecule has 0 aliphatic rings. The van der Waals surface area contributed by atoms with Gasteiger partial charge in [0.1, 0.15) is 12.4 Å². The number of hydrogen-bond acceptors (Lipinski definition) is 4. The van der Waals surface area contributed by atoms with E-state index in [1.165, 1.54) is 6.26 Å². The van der Waals surface area contributed by atoms with Crippen LogP contribution in [0.4, 0.5) is 0 Å². The number of amides is 1. The van der Waals surface area contributed by atoms with Crippen LogP contribution in [-0.4, -0.2) is 11.6 Å². The smallest absolute Gasteiger partial charge is 0.307 e. The first-order valence-electron chi connectivity index (χ1n) is 7.87. The standard InChI is InChI=1S/C20H18N2O3/c1-15(21-22-20(23)19-8-5-13-24-19)17-9-11-18(12-10-17)25-14-16-6-3-2-4-7-16/h2-13H,14H2,1H3,(H,22,23)/b21-15-. The monoisotopic (exact) mass is 334 g/mol. The minimum Gasteiger partial charge on any atom is -0.489 e. The molecule has 0 fully saturated rings. The number of hydrogen-bond donors (Lipinski definition) is 1. The largest absolute Gasteiger partial charge is 0.489 e. The Hall–Kier alpha value is -3.34. The van der Waals surface area contributed by atoms with Gasteiger partial charge in [0.05, 0.1) is 12.0 Å². The molecule has 0 atom stereocenters. The maximum atomic E-state index is 11.8. The molecule has 1 aromatic heterocycles. The van der Waals surface area contributed by atoms with Crippen molar-refractivity contribution in [2.24, 2.45) is 5.10 Å². The van der Waals surface area contributed by atoms with Crippen LogP contribution < -0.4 is 10.2 Å². The van der Waals surface area contributed by atoms with E-state index in [1.807, 2.05) is 61.5 Å². The topological polar surface area (TPSA) is 63.8 Å². The molecule has 1 N–H and O–H groups in total. The SMILES string of the molecule is C/C(=N/NC(=O)c1ccco1)c1ccc(OCc2ccccc2)cc1. The Bertz CT molecular complexity index is 838. The Kier molecular flexibility index (Phi) is 5.26. The third-order valence-corrected chi connectivity index (χ3v) is 3.59. The van der Waals surface area contributed by atoms with Crippen molar-refractivity contribution in [3.05, 3.63) is 89.9 Å². The number of ether oxygens (including phenoxy) is 1. The number of benzene rings is 2. The average molecular weight is 334 g/mol. The summed E-state index contributed by atoms with van der Waals surface area (Å²) in [4.78, 5) is 11.8. The van der Waals surface area contributed by atoms with Crippen LogP contribution in [0.2, 0.25) is 0 Å². The summed E-state index contributed by atoms with van der Waals surface area (Å²) in [6.45, 7) is 2.34. The molecule has 0 saturated heterocycles. The molecule has 5 nitrogen and oxygen atoms in total. The van der Waals surface area contributed by atoms with Crippen molar-refractivity contribution < 1.29 is 13.9 Å². The zero-order chi connectivity index (χ0) is 17.5. The van der Waals surface area contributed by atoms with E-state index >= 15 is 0 Å².